The Hall–Kier alpha value is -3.39. The fraction of sp³-hybridized carbons (Fsp3) is 0.179. The third kappa shape index (κ3) is 2.11. The molecule has 146 valence electrons. The number of hydrogen-bond donors (Lipinski definition) is 0. The molecule has 6 rings (SSSR count). The SMILES string of the molecule is Cc1ccc2c(C)c3c(c(C)c2c1)-c1c2c(cc4c(C)cccc4c2cc[n+]1C)O3. The van der Waals surface area contributed by atoms with Gasteiger partial charge in [-0.05, 0) is 66.4 Å². The molecule has 0 unspecified atom stereocenters. The molecule has 0 saturated carbocycles. The molecule has 1 aromatic heterocycles. The first kappa shape index (κ1) is 17.5. The van der Waals surface area contributed by atoms with Gasteiger partial charge in [-0.25, -0.2) is 4.57 Å². The van der Waals surface area contributed by atoms with Gasteiger partial charge in [0.15, 0.2) is 6.20 Å². The van der Waals surface area contributed by atoms with Gasteiger partial charge in [-0.2, -0.15) is 0 Å². The lowest BCUT2D eigenvalue weighted by Crippen LogP contribution is -2.32. The van der Waals surface area contributed by atoms with Crippen molar-refractivity contribution in [3.8, 4) is 22.8 Å². The predicted molar refractivity (Wildman–Crippen MR) is 125 cm³/mol. The lowest BCUT2D eigenvalue weighted by Gasteiger charge is -2.25. The fourth-order valence-electron chi connectivity index (χ4n) is 5.25. The van der Waals surface area contributed by atoms with Gasteiger partial charge in [0.05, 0.1) is 10.9 Å². The Bertz CT molecular complexity index is 1560. The average molecular weight is 391 g/mol. The molecule has 2 heteroatoms. The van der Waals surface area contributed by atoms with E-state index in [9.17, 15) is 0 Å². The van der Waals surface area contributed by atoms with E-state index in [1.165, 1.54) is 65.8 Å². The number of rotatable bonds is 0. The highest BCUT2D eigenvalue weighted by atomic mass is 16.5. The van der Waals surface area contributed by atoms with Crippen LogP contribution in [0.25, 0.3) is 43.6 Å². The molecule has 0 aliphatic carbocycles. The molecule has 4 aromatic carbocycles. The van der Waals surface area contributed by atoms with Crippen molar-refractivity contribution in [1.82, 2.24) is 0 Å². The number of benzene rings is 4. The van der Waals surface area contributed by atoms with Gasteiger partial charge in [-0.15, -0.1) is 0 Å². The molecule has 0 fully saturated rings. The lowest BCUT2D eigenvalue weighted by atomic mass is 9.87. The van der Waals surface area contributed by atoms with Crippen LogP contribution in [0.2, 0.25) is 0 Å². The topological polar surface area (TPSA) is 13.1 Å². The Morgan fingerprint density at radius 3 is 2.40 bits per heavy atom. The van der Waals surface area contributed by atoms with Crippen molar-refractivity contribution in [3.63, 3.8) is 0 Å². The summed E-state index contributed by atoms with van der Waals surface area (Å²) < 4.78 is 8.96. The average Bonchev–Trinajstić information content (AvgIpc) is 2.74. The second-order valence-corrected chi connectivity index (χ2v) is 8.71. The van der Waals surface area contributed by atoms with E-state index >= 15 is 0 Å². The summed E-state index contributed by atoms with van der Waals surface area (Å²) in [5.41, 5.74) is 7.52. The third-order valence-corrected chi connectivity index (χ3v) is 6.83. The molecular weight excluding hydrogens is 366 g/mol. The minimum Gasteiger partial charge on any atom is -0.455 e. The van der Waals surface area contributed by atoms with Crippen molar-refractivity contribution >= 4 is 32.3 Å². The molecule has 30 heavy (non-hydrogen) atoms. The second-order valence-electron chi connectivity index (χ2n) is 8.71. The minimum atomic E-state index is 0.958. The van der Waals surface area contributed by atoms with Crippen LogP contribution < -0.4 is 9.30 Å². The van der Waals surface area contributed by atoms with E-state index in [2.05, 4.69) is 94.0 Å². The molecular formula is C28H24NO+. The summed E-state index contributed by atoms with van der Waals surface area (Å²) >= 11 is 0. The molecule has 0 amide bonds. The van der Waals surface area contributed by atoms with Crippen LogP contribution in [0.5, 0.6) is 11.5 Å². The Balaban J connectivity index is 1.86. The number of fused-ring (bicyclic) bond motifs is 5. The summed E-state index contributed by atoms with van der Waals surface area (Å²) in [6.45, 7) is 8.76. The van der Waals surface area contributed by atoms with Gasteiger partial charge in [-0.1, -0.05) is 42.0 Å². The smallest absolute Gasteiger partial charge is 0.228 e. The van der Waals surface area contributed by atoms with Crippen LogP contribution in [0.4, 0.5) is 0 Å². The molecule has 0 atom stereocenters. The van der Waals surface area contributed by atoms with Gasteiger partial charge >= 0.3 is 0 Å². The maximum Gasteiger partial charge on any atom is 0.228 e. The number of pyridine rings is 1. The zero-order valence-corrected chi connectivity index (χ0v) is 18.1. The zero-order valence-electron chi connectivity index (χ0n) is 18.1. The first-order chi connectivity index (χ1) is 14.5. The normalized spacial score (nSPS) is 12.4. The summed E-state index contributed by atoms with van der Waals surface area (Å²) in [6.07, 6.45) is 2.19. The van der Waals surface area contributed by atoms with Crippen LogP contribution in [0.1, 0.15) is 22.3 Å². The van der Waals surface area contributed by atoms with Crippen molar-refractivity contribution < 1.29 is 9.30 Å². The molecule has 1 aliphatic heterocycles. The van der Waals surface area contributed by atoms with Gasteiger partial charge < -0.3 is 4.74 Å². The van der Waals surface area contributed by atoms with E-state index in [1.54, 1.807) is 0 Å². The molecule has 1 aliphatic rings. The summed E-state index contributed by atoms with van der Waals surface area (Å²) in [7, 11) is 2.14. The lowest BCUT2D eigenvalue weighted by molar-refractivity contribution is -0.659. The summed E-state index contributed by atoms with van der Waals surface area (Å²) in [4.78, 5) is 0. The van der Waals surface area contributed by atoms with E-state index < -0.39 is 0 Å². The molecule has 2 nitrogen and oxygen atoms in total. The second kappa shape index (κ2) is 5.82. The molecule has 2 heterocycles. The van der Waals surface area contributed by atoms with Crippen LogP contribution in [-0.4, -0.2) is 0 Å². The molecule has 5 aromatic rings. The van der Waals surface area contributed by atoms with E-state index in [4.69, 9.17) is 4.74 Å². The summed E-state index contributed by atoms with van der Waals surface area (Å²) in [5.74, 6) is 1.95. The van der Waals surface area contributed by atoms with Gasteiger partial charge in [0.25, 0.3) is 0 Å². The van der Waals surface area contributed by atoms with Crippen LogP contribution in [0.3, 0.4) is 0 Å². The van der Waals surface area contributed by atoms with E-state index in [-0.39, 0.29) is 0 Å². The van der Waals surface area contributed by atoms with Crippen LogP contribution in [0.15, 0.2) is 54.7 Å². The quantitative estimate of drug-likeness (QED) is 0.201. The number of nitrogens with zero attached hydrogens (tertiary/aromatic N) is 1. The highest BCUT2D eigenvalue weighted by Gasteiger charge is 2.32. The molecule has 0 N–H and O–H groups in total. The fourth-order valence-corrected chi connectivity index (χ4v) is 5.25. The Morgan fingerprint density at radius 1 is 0.733 bits per heavy atom. The van der Waals surface area contributed by atoms with Crippen LogP contribution >= 0.6 is 0 Å². The Labute approximate surface area is 176 Å². The van der Waals surface area contributed by atoms with Crippen LogP contribution in [-0.2, 0) is 7.05 Å². The summed E-state index contributed by atoms with van der Waals surface area (Å²) in [5, 5.41) is 7.59. The van der Waals surface area contributed by atoms with Gasteiger partial charge in [0.1, 0.15) is 18.5 Å². The van der Waals surface area contributed by atoms with Crippen molar-refractivity contribution in [2.24, 2.45) is 7.05 Å². The van der Waals surface area contributed by atoms with Crippen LogP contribution in [0, 0.1) is 27.7 Å². The van der Waals surface area contributed by atoms with Gasteiger partial charge in [0.2, 0.25) is 5.69 Å². The Kier molecular flexibility index (Phi) is 3.39. The van der Waals surface area contributed by atoms with E-state index in [0.717, 1.165) is 11.5 Å². The van der Waals surface area contributed by atoms with Crippen molar-refractivity contribution in [3.05, 3.63) is 77.0 Å². The Morgan fingerprint density at radius 2 is 1.57 bits per heavy atom. The number of aromatic nitrogens is 1. The van der Waals surface area contributed by atoms with Gasteiger partial charge in [0, 0.05) is 17.0 Å². The molecule has 0 bridgehead atoms. The standard InChI is InChI=1S/C28H24NO/c1-15-9-10-19-18(4)28-25(17(3)23(19)13-15)27-26-21(11-12-29(27)5)20-8-6-7-16(2)22(20)14-24(26)30-28/h6-14H,1-5H3/q+1. The van der Waals surface area contributed by atoms with E-state index in [1.807, 2.05) is 0 Å². The third-order valence-electron chi connectivity index (χ3n) is 6.83. The zero-order chi connectivity index (χ0) is 20.7. The maximum absolute atomic E-state index is 6.70. The van der Waals surface area contributed by atoms with Crippen molar-refractivity contribution in [2.45, 2.75) is 27.7 Å². The monoisotopic (exact) mass is 390 g/mol. The first-order valence-corrected chi connectivity index (χ1v) is 10.5. The van der Waals surface area contributed by atoms with Gasteiger partial charge in [-0.3, -0.25) is 0 Å². The highest BCUT2D eigenvalue weighted by molar-refractivity contribution is 6.16. The predicted octanol–water partition coefficient (Wildman–Crippen LogP) is 6.98. The van der Waals surface area contributed by atoms with Crippen molar-refractivity contribution in [2.75, 3.05) is 0 Å². The molecule has 0 spiro atoms. The van der Waals surface area contributed by atoms with Crippen molar-refractivity contribution in [1.29, 1.82) is 0 Å². The largest absolute Gasteiger partial charge is 0.455 e. The number of ether oxygens (including phenoxy) is 1. The molecule has 0 radical (unpaired) electrons. The molecule has 0 saturated heterocycles. The minimum absolute atomic E-state index is 0.958. The highest BCUT2D eigenvalue weighted by Crippen LogP contribution is 2.51. The van der Waals surface area contributed by atoms with E-state index in [0.29, 0.717) is 0 Å². The maximum atomic E-state index is 6.70. The summed E-state index contributed by atoms with van der Waals surface area (Å²) in [6, 6.07) is 17.7. The number of hydrogen-bond acceptors (Lipinski definition) is 1. The first-order valence-electron chi connectivity index (χ1n) is 10.5. The number of aryl methyl sites for hydroxylation is 5.